The third-order valence-corrected chi connectivity index (χ3v) is 4.00. The maximum atomic E-state index is 13.6. The second-order valence-electron chi connectivity index (χ2n) is 5.29. The molecule has 0 fully saturated rings. The van der Waals surface area contributed by atoms with Crippen LogP contribution in [0.2, 0.25) is 0 Å². The molecule has 3 heteroatoms. The summed E-state index contributed by atoms with van der Waals surface area (Å²) in [6.07, 6.45) is 4.15. The van der Waals surface area contributed by atoms with E-state index < -0.39 is 5.41 Å². The van der Waals surface area contributed by atoms with Crippen molar-refractivity contribution in [1.82, 2.24) is 0 Å². The molecule has 21 heavy (non-hydrogen) atoms. The Morgan fingerprint density at radius 2 is 1.48 bits per heavy atom. The molecule has 0 unspecified atom stereocenters. The molecule has 1 aliphatic rings. The summed E-state index contributed by atoms with van der Waals surface area (Å²) in [5, 5.41) is 0. The molecule has 1 aliphatic carbocycles. The van der Waals surface area contributed by atoms with Crippen molar-refractivity contribution in [1.29, 1.82) is 0 Å². The molecule has 0 spiro atoms. The molecule has 0 aliphatic heterocycles. The van der Waals surface area contributed by atoms with E-state index in [0.717, 1.165) is 11.1 Å². The third kappa shape index (κ3) is 2.51. The van der Waals surface area contributed by atoms with Gasteiger partial charge in [0.25, 0.3) is 0 Å². The van der Waals surface area contributed by atoms with Gasteiger partial charge in [-0.2, -0.15) is 0 Å². The SMILES string of the molecule is O=C1C=CC(c2cccc(F)c2)(c2cccc(F)c2)CC1. The summed E-state index contributed by atoms with van der Waals surface area (Å²) in [5.41, 5.74) is 0.812. The normalized spacial score (nSPS) is 17.0. The fourth-order valence-corrected chi connectivity index (χ4v) is 2.90. The number of ketones is 1. The maximum absolute atomic E-state index is 13.6. The fourth-order valence-electron chi connectivity index (χ4n) is 2.90. The average molecular weight is 284 g/mol. The quantitative estimate of drug-likeness (QED) is 0.809. The number of hydrogen-bond donors (Lipinski definition) is 0. The Hall–Kier alpha value is -2.29. The highest BCUT2D eigenvalue weighted by Crippen LogP contribution is 2.40. The van der Waals surface area contributed by atoms with E-state index in [2.05, 4.69) is 0 Å². The van der Waals surface area contributed by atoms with E-state index in [1.165, 1.54) is 30.3 Å². The average Bonchev–Trinajstić information content (AvgIpc) is 2.48. The van der Waals surface area contributed by atoms with Gasteiger partial charge in [0.1, 0.15) is 11.6 Å². The van der Waals surface area contributed by atoms with Crippen molar-refractivity contribution in [3.05, 3.63) is 83.4 Å². The molecule has 0 amide bonds. The zero-order valence-electron chi connectivity index (χ0n) is 11.4. The topological polar surface area (TPSA) is 17.1 Å². The number of carbonyl (C=O) groups excluding carboxylic acids is 1. The molecule has 1 nitrogen and oxygen atoms in total. The lowest BCUT2D eigenvalue weighted by molar-refractivity contribution is -0.115. The Labute approximate surface area is 121 Å². The highest BCUT2D eigenvalue weighted by atomic mass is 19.1. The summed E-state index contributed by atoms with van der Waals surface area (Å²) in [5.74, 6) is -0.638. The molecule has 0 aromatic heterocycles. The number of halogens is 2. The monoisotopic (exact) mass is 284 g/mol. The predicted molar refractivity (Wildman–Crippen MR) is 77.0 cm³/mol. The maximum Gasteiger partial charge on any atom is 0.155 e. The first-order valence-electron chi connectivity index (χ1n) is 6.84. The molecule has 0 atom stereocenters. The zero-order valence-corrected chi connectivity index (χ0v) is 11.4. The van der Waals surface area contributed by atoms with Gasteiger partial charge in [-0.25, -0.2) is 8.78 Å². The lowest BCUT2D eigenvalue weighted by Crippen LogP contribution is -2.29. The first-order chi connectivity index (χ1) is 10.1. The molecule has 3 rings (SSSR count). The van der Waals surface area contributed by atoms with E-state index in [9.17, 15) is 13.6 Å². The standard InChI is InChI=1S/C18H14F2O/c19-15-5-1-3-13(11-15)18(9-7-17(21)8-10-18)14-4-2-6-16(20)12-14/h1-7,9,11-12H,8,10H2. The van der Waals surface area contributed by atoms with Crippen LogP contribution in [-0.2, 0) is 10.2 Å². The summed E-state index contributed by atoms with van der Waals surface area (Å²) in [4.78, 5) is 11.5. The van der Waals surface area contributed by atoms with Crippen LogP contribution >= 0.6 is 0 Å². The molecular weight excluding hydrogens is 270 g/mol. The smallest absolute Gasteiger partial charge is 0.155 e. The van der Waals surface area contributed by atoms with Gasteiger partial charge in [-0.3, -0.25) is 4.79 Å². The first-order valence-corrected chi connectivity index (χ1v) is 6.84. The molecular formula is C18H14F2O. The van der Waals surface area contributed by atoms with Crippen molar-refractivity contribution in [3.8, 4) is 0 Å². The fraction of sp³-hybridized carbons (Fsp3) is 0.167. The molecule has 2 aromatic carbocycles. The largest absolute Gasteiger partial charge is 0.295 e. The van der Waals surface area contributed by atoms with Crippen LogP contribution in [-0.4, -0.2) is 5.78 Å². The van der Waals surface area contributed by atoms with Crippen molar-refractivity contribution >= 4 is 5.78 Å². The molecule has 0 bridgehead atoms. The Morgan fingerprint density at radius 1 is 0.905 bits per heavy atom. The Morgan fingerprint density at radius 3 is 1.90 bits per heavy atom. The van der Waals surface area contributed by atoms with Crippen LogP contribution in [0.5, 0.6) is 0 Å². The van der Waals surface area contributed by atoms with Gasteiger partial charge in [-0.1, -0.05) is 30.3 Å². The van der Waals surface area contributed by atoms with Crippen LogP contribution in [0.15, 0.2) is 60.7 Å². The van der Waals surface area contributed by atoms with Gasteiger partial charge in [-0.05, 0) is 47.9 Å². The van der Waals surface area contributed by atoms with Gasteiger partial charge in [0.15, 0.2) is 5.78 Å². The minimum absolute atomic E-state index is 0.0402. The predicted octanol–water partition coefficient (Wildman–Crippen LogP) is 4.17. The summed E-state index contributed by atoms with van der Waals surface area (Å²) in [6, 6.07) is 12.5. The van der Waals surface area contributed by atoms with E-state index in [1.54, 1.807) is 18.2 Å². The van der Waals surface area contributed by atoms with Crippen LogP contribution in [0.25, 0.3) is 0 Å². The lowest BCUT2D eigenvalue weighted by Gasteiger charge is -2.34. The highest BCUT2D eigenvalue weighted by molar-refractivity contribution is 5.91. The molecule has 106 valence electrons. The van der Waals surface area contributed by atoms with E-state index in [0.29, 0.717) is 12.8 Å². The van der Waals surface area contributed by atoms with E-state index in [4.69, 9.17) is 0 Å². The van der Waals surface area contributed by atoms with Crippen LogP contribution < -0.4 is 0 Å². The summed E-state index contributed by atoms with van der Waals surface area (Å²) >= 11 is 0. The van der Waals surface area contributed by atoms with E-state index in [1.807, 2.05) is 12.1 Å². The molecule has 0 N–H and O–H groups in total. The Bertz CT molecular complexity index is 673. The van der Waals surface area contributed by atoms with Crippen molar-refractivity contribution in [2.75, 3.05) is 0 Å². The van der Waals surface area contributed by atoms with Crippen LogP contribution in [0, 0.1) is 11.6 Å². The highest BCUT2D eigenvalue weighted by Gasteiger charge is 2.35. The number of allylic oxidation sites excluding steroid dienone is 2. The molecule has 2 aromatic rings. The van der Waals surface area contributed by atoms with Crippen LogP contribution in [0.4, 0.5) is 8.78 Å². The van der Waals surface area contributed by atoms with E-state index in [-0.39, 0.29) is 17.4 Å². The summed E-state index contributed by atoms with van der Waals surface area (Å²) in [6.45, 7) is 0. The number of carbonyl (C=O) groups is 1. The third-order valence-electron chi connectivity index (χ3n) is 4.00. The molecule has 0 radical (unpaired) electrons. The number of hydrogen-bond acceptors (Lipinski definition) is 1. The second-order valence-corrected chi connectivity index (χ2v) is 5.29. The first kappa shape index (κ1) is 13.7. The van der Waals surface area contributed by atoms with Crippen molar-refractivity contribution in [3.63, 3.8) is 0 Å². The van der Waals surface area contributed by atoms with Gasteiger partial charge >= 0.3 is 0 Å². The van der Waals surface area contributed by atoms with Crippen molar-refractivity contribution in [2.24, 2.45) is 0 Å². The minimum Gasteiger partial charge on any atom is -0.295 e. The summed E-state index contributed by atoms with van der Waals surface area (Å²) < 4.78 is 27.2. The lowest BCUT2D eigenvalue weighted by atomic mass is 9.68. The van der Waals surface area contributed by atoms with E-state index >= 15 is 0 Å². The molecule has 0 heterocycles. The molecule has 0 saturated heterocycles. The number of rotatable bonds is 2. The minimum atomic E-state index is -0.655. The van der Waals surface area contributed by atoms with Crippen molar-refractivity contribution < 1.29 is 13.6 Å². The van der Waals surface area contributed by atoms with Gasteiger partial charge < -0.3 is 0 Å². The van der Waals surface area contributed by atoms with Crippen LogP contribution in [0.3, 0.4) is 0 Å². The molecule has 0 saturated carbocycles. The van der Waals surface area contributed by atoms with Crippen molar-refractivity contribution in [2.45, 2.75) is 18.3 Å². The second kappa shape index (κ2) is 5.24. The van der Waals surface area contributed by atoms with Gasteiger partial charge in [0, 0.05) is 11.8 Å². The van der Waals surface area contributed by atoms with Gasteiger partial charge in [0.05, 0.1) is 0 Å². The van der Waals surface area contributed by atoms with Crippen LogP contribution in [0.1, 0.15) is 24.0 Å². The summed E-state index contributed by atoms with van der Waals surface area (Å²) in [7, 11) is 0. The Kier molecular flexibility index (Phi) is 3.42. The van der Waals surface area contributed by atoms with Gasteiger partial charge in [-0.15, -0.1) is 0 Å². The zero-order chi connectivity index (χ0) is 14.9. The Balaban J connectivity index is 2.21. The van der Waals surface area contributed by atoms with Gasteiger partial charge in [0.2, 0.25) is 0 Å². The number of benzene rings is 2.